The van der Waals surface area contributed by atoms with Crippen molar-refractivity contribution in [2.75, 3.05) is 6.61 Å². The van der Waals surface area contributed by atoms with Gasteiger partial charge in [-0.3, -0.25) is 0 Å². The van der Waals surface area contributed by atoms with Gasteiger partial charge in [0.15, 0.2) is 0 Å². The minimum atomic E-state index is 0.556. The van der Waals surface area contributed by atoms with E-state index >= 15 is 0 Å². The molecule has 0 aliphatic heterocycles. The van der Waals surface area contributed by atoms with Gasteiger partial charge in [0, 0.05) is 0 Å². The molecule has 2 heteroatoms. The average molecular weight is 225 g/mol. The van der Waals surface area contributed by atoms with Gasteiger partial charge in [0.25, 0.3) is 0 Å². The van der Waals surface area contributed by atoms with Crippen LogP contribution >= 0.6 is 0 Å². The molecule has 2 rings (SSSR count). The van der Waals surface area contributed by atoms with Crippen molar-refractivity contribution in [1.82, 2.24) is 0 Å². The number of rotatable bonds is 2. The monoisotopic (exact) mass is 226 g/mol. The van der Waals surface area contributed by atoms with Gasteiger partial charge in [-0.15, -0.1) is 0 Å². The molecule has 1 aromatic carbocycles. The van der Waals surface area contributed by atoms with E-state index in [9.17, 15) is 0 Å². The van der Waals surface area contributed by atoms with E-state index in [1.165, 1.54) is 9.65 Å². The normalized spacial score (nSPS) is 10.4. The maximum atomic E-state index is 5.40. The van der Waals surface area contributed by atoms with Crippen LogP contribution in [0.1, 0.15) is 6.92 Å². The third kappa shape index (κ3) is 1.40. The Morgan fingerprint density at radius 1 is 1.33 bits per heavy atom. The van der Waals surface area contributed by atoms with Crippen molar-refractivity contribution in [2.24, 2.45) is 0 Å². The Labute approximate surface area is 77.7 Å². The topological polar surface area (TPSA) is 9.23 Å². The van der Waals surface area contributed by atoms with Crippen molar-refractivity contribution >= 4 is 24.1 Å². The molecule has 2 aromatic rings. The number of fused-ring (bicyclic) bond motifs is 1. The molecule has 0 radical (unpaired) electrons. The van der Waals surface area contributed by atoms with E-state index in [2.05, 4.69) is 29.2 Å². The summed E-state index contributed by atoms with van der Waals surface area (Å²) in [5.74, 6) is 0.985. The summed E-state index contributed by atoms with van der Waals surface area (Å²) >= 11 is 0.556. The summed E-state index contributed by atoms with van der Waals surface area (Å²) in [5.41, 5.74) is 0. The summed E-state index contributed by atoms with van der Waals surface area (Å²) < 4.78 is 6.87. The predicted molar refractivity (Wildman–Crippen MR) is 52.1 cm³/mol. The Bertz CT molecular complexity index is 378. The molecule has 12 heavy (non-hydrogen) atoms. The molecule has 0 atom stereocenters. The number of ether oxygens (including phenoxy) is 1. The molecule has 0 saturated carbocycles. The second kappa shape index (κ2) is 3.34. The van der Waals surface area contributed by atoms with Crippen LogP contribution in [0.4, 0.5) is 0 Å². The zero-order valence-corrected chi connectivity index (χ0v) is 8.62. The van der Waals surface area contributed by atoms with Gasteiger partial charge in [-0.1, -0.05) is 0 Å². The molecule has 0 aliphatic carbocycles. The van der Waals surface area contributed by atoms with Crippen LogP contribution in [0.5, 0.6) is 5.75 Å². The van der Waals surface area contributed by atoms with E-state index < -0.39 is 0 Å². The fourth-order valence-electron chi connectivity index (χ4n) is 1.20. The average Bonchev–Trinajstić information content (AvgIpc) is 2.51. The first-order valence-electron chi connectivity index (χ1n) is 4.00. The van der Waals surface area contributed by atoms with Crippen molar-refractivity contribution in [3.63, 3.8) is 0 Å². The first-order chi connectivity index (χ1) is 5.90. The molecule has 1 heterocycles. The Kier molecular flexibility index (Phi) is 2.20. The van der Waals surface area contributed by atoms with Crippen LogP contribution in [0, 0.1) is 0 Å². The minimum absolute atomic E-state index is 0.556. The van der Waals surface area contributed by atoms with Crippen molar-refractivity contribution in [2.45, 2.75) is 6.92 Å². The molecule has 1 aromatic heterocycles. The number of hydrogen-bond acceptors (Lipinski definition) is 1. The standard InChI is InChI=1S/C10H10OSe/c1-2-11-9-3-4-10-8(7-9)5-6-12-10/h3-7H,2H2,1H3. The summed E-state index contributed by atoms with van der Waals surface area (Å²) in [6, 6.07) is 8.51. The SMILES string of the molecule is CCOc1ccc2[se]ccc2c1. The molecular formula is C10H10OSe. The van der Waals surface area contributed by atoms with E-state index in [1.54, 1.807) is 0 Å². The van der Waals surface area contributed by atoms with Gasteiger partial charge in [-0.2, -0.15) is 0 Å². The Morgan fingerprint density at radius 3 is 3.08 bits per heavy atom. The van der Waals surface area contributed by atoms with Crippen molar-refractivity contribution < 1.29 is 4.74 Å². The van der Waals surface area contributed by atoms with E-state index in [4.69, 9.17) is 4.74 Å². The van der Waals surface area contributed by atoms with Crippen LogP contribution in [-0.2, 0) is 0 Å². The molecule has 0 bridgehead atoms. The van der Waals surface area contributed by atoms with E-state index in [1.807, 2.05) is 6.92 Å². The molecule has 1 nitrogen and oxygen atoms in total. The molecular weight excluding hydrogens is 215 g/mol. The molecule has 0 saturated heterocycles. The summed E-state index contributed by atoms with van der Waals surface area (Å²) in [4.78, 5) is 2.24. The van der Waals surface area contributed by atoms with Crippen LogP contribution in [0.25, 0.3) is 9.65 Å². The van der Waals surface area contributed by atoms with Crippen LogP contribution in [-0.4, -0.2) is 21.1 Å². The summed E-state index contributed by atoms with van der Waals surface area (Å²) in [6.45, 7) is 2.75. The summed E-state index contributed by atoms with van der Waals surface area (Å²) in [6.07, 6.45) is 0. The van der Waals surface area contributed by atoms with Gasteiger partial charge in [-0.05, 0) is 0 Å². The predicted octanol–water partition coefficient (Wildman–Crippen LogP) is 2.30. The van der Waals surface area contributed by atoms with Gasteiger partial charge in [0.2, 0.25) is 0 Å². The second-order valence-electron chi connectivity index (χ2n) is 2.55. The number of hydrogen-bond donors (Lipinski definition) is 0. The summed E-state index contributed by atoms with van der Waals surface area (Å²) in [5, 5.41) is 1.33. The zero-order valence-electron chi connectivity index (χ0n) is 6.91. The van der Waals surface area contributed by atoms with Crippen LogP contribution < -0.4 is 4.74 Å². The van der Waals surface area contributed by atoms with Crippen molar-refractivity contribution in [3.05, 3.63) is 29.2 Å². The van der Waals surface area contributed by atoms with E-state index in [0.717, 1.165) is 12.4 Å². The first-order valence-corrected chi connectivity index (χ1v) is 5.85. The fourth-order valence-corrected chi connectivity index (χ4v) is 2.82. The van der Waals surface area contributed by atoms with Crippen molar-refractivity contribution in [1.29, 1.82) is 0 Å². The van der Waals surface area contributed by atoms with Crippen LogP contribution in [0.3, 0.4) is 0 Å². The first kappa shape index (κ1) is 7.90. The zero-order chi connectivity index (χ0) is 8.39. The second-order valence-corrected chi connectivity index (χ2v) is 4.54. The summed E-state index contributed by atoms with van der Waals surface area (Å²) in [7, 11) is 0. The van der Waals surface area contributed by atoms with E-state index in [-0.39, 0.29) is 0 Å². The molecule has 0 unspecified atom stereocenters. The molecule has 0 spiro atoms. The third-order valence-electron chi connectivity index (χ3n) is 1.73. The molecule has 0 aliphatic rings. The van der Waals surface area contributed by atoms with Gasteiger partial charge in [0.1, 0.15) is 0 Å². The molecule has 0 fully saturated rings. The molecule has 62 valence electrons. The quantitative estimate of drug-likeness (QED) is 0.712. The van der Waals surface area contributed by atoms with Crippen molar-refractivity contribution in [3.8, 4) is 5.75 Å². The van der Waals surface area contributed by atoms with E-state index in [0.29, 0.717) is 14.5 Å². The molecule has 0 N–H and O–H groups in total. The Hall–Kier alpha value is -0.721. The number of benzene rings is 1. The van der Waals surface area contributed by atoms with Gasteiger partial charge in [0.05, 0.1) is 0 Å². The van der Waals surface area contributed by atoms with Gasteiger partial charge in [-0.25, -0.2) is 0 Å². The maximum absolute atomic E-state index is 5.40. The Morgan fingerprint density at radius 2 is 2.25 bits per heavy atom. The third-order valence-corrected chi connectivity index (χ3v) is 3.62. The fraction of sp³-hybridized carbons (Fsp3) is 0.200. The van der Waals surface area contributed by atoms with Crippen LogP contribution in [0.15, 0.2) is 29.2 Å². The Balaban J connectivity index is 2.46. The van der Waals surface area contributed by atoms with Crippen LogP contribution in [0.2, 0.25) is 0 Å². The van der Waals surface area contributed by atoms with Gasteiger partial charge < -0.3 is 0 Å². The molecule has 0 amide bonds. The van der Waals surface area contributed by atoms with Gasteiger partial charge >= 0.3 is 77.4 Å².